The van der Waals surface area contributed by atoms with Gasteiger partial charge in [0.15, 0.2) is 10.3 Å². The molecule has 0 radical (unpaired) electrons. The number of aromatic nitrogens is 1. The summed E-state index contributed by atoms with van der Waals surface area (Å²) in [6.07, 6.45) is 1.78. The Bertz CT molecular complexity index is 790. The minimum Gasteiger partial charge on any atom is -0.448 e. The van der Waals surface area contributed by atoms with Gasteiger partial charge in [0.25, 0.3) is 5.91 Å². The number of hydrogen-bond donors (Lipinski definition) is 2. The molecule has 1 saturated heterocycles. The molecule has 2 N–H and O–H groups in total. The van der Waals surface area contributed by atoms with Gasteiger partial charge in [-0.05, 0) is 56.5 Å². The zero-order chi connectivity index (χ0) is 19.1. The van der Waals surface area contributed by atoms with Gasteiger partial charge in [0, 0.05) is 42.9 Å². The first-order valence-electron chi connectivity index (χ1n) is 8.98. The Balaban J connectivity index is 1.84. The Kier molecular flexibility index (Phi) is 5.25. The molecular weight excluding hydrogens is 398 g/mol. The molecule has 26 heavy (non-hydrogen) atoms. The van der Waals surface area contributed by atoms with Crippen LogP contribution in [0.4, 0.5) is 0 Å². The Labute approximate surface area is 162 Å². The number of halogens is 1. The van der Waals surface area contributed by atoms with Crippen LogP contribution in [0.15, 0.2) is 21.2 Å². The second-order valence-corrected chi connectivity index (χ2v) is 9.23. The lowest BCUT2D eigenvalue weighted by molar-refractivity contribution is 0.0862. The maximum absolute atomic E-state index is 13.0. The number of fused-ring (bicyclic) bond motifs is 1. The topological polar surface area (TPSA) is 68.4 Å². The van der Waals surface area contributed by atoms with E-state index < -0.39 is 0 Å². The Morgan fingerprint density at radius 1 is 1.35 bits per heavy atom. The molecule has 2 aromatic rings. The Morgan fingerprint density at radius 2 is 2.00 bits per heavy atom. The number of methoxy groups -OCH3 is 1. The van der Waals surface area contributed by atoms with E-state index in [9.17, 15) is 4.79 Å². The fourth-order valence-corrected chi connectivity index (χ4v) is 4.70. The minimum atomic E-state index is -0.0675. The molecule has 0 atom stereocenters. The number of amides is 1. The zero-order valence-corrected chi connectivity index (χ0v) is 17.7. The van der Waals surface area contributed by atoms with Crippen LogP contribution in [-0.4, -0.2) is 41.3 Å². The number of nitrogens with one attached hydrogen (secondary N) is 2. The fourth-order valence-electron chi connectivity index (χ4n) is 4.31. The maximum Gasteiger partial charge on any atom is 0.268 e. The average Bonchev–Trinajstić information content (AvgIpc) is 2.97. The summed E-state index contributed by atoms with van der Waals surface area (Å²) in [6.45, 7) is 9.84. The third-order valence-electron chi connectivity index (χ3n) is 4.84. The number of hydrogen-bond acceptors (Lipinski definition) is 4. The van der Waals surface area contributed by atoms with Gasteiger partial charge < -0.3 is 24.4 Å². The van der Waals surface area contributed by atoms with Crippen molar-refractivity contribution in [3.8, 4) is 0 Å². The van der Waals surface area contributed by atoms with Gasteiger partial charge in [-0.1, -0.05) is 0 Å². The highest BCUT2D eigenvalue weighted by Gasteiger charge is 2.38. The van der Waals surface area contributed by atoms with Crippen LogP contribution in [0.1, 0.15) is 51.0 Å². The molecule has 1 amide bonds. The number of piperidine rings is 1. The van der Waals surface area contributed by atoms with Crippen molar-refractivity contribution in [3.63, 3.8) is 0 Å². The monoisotopic (exact) mass is 425 g/mol. The van der Waals surface area contributed by atoms with Gasteiger partial charge in [-0.3, -0.25) is 4.79 Å². The van der Waals surface area contributed by atoms with E-state index in [-0.39, 0.29) is 23.0 Å². The summed E-state index contributed by atoms with van der Waals surface area (Å²) in [7, 11) is 1.66. The second kappa shape index (κ2) is 7.02. The molecule has 3 rings (SSSR count). The van der Waals surface area contributed by atoms with Gasteiger partial charge in [-0.15, -0.1) is 0 Å². The molecule has 0 unspecified atom stereocenters. The Hall–Kier alpha value is -1.31. The molecule has 0 bridgehead atoms. The molecular formula is C19H28BrN3O3. The van der Waals surface area contributed by atoms with Gasteiger partial charge in [0.1, 0.15) is 5.69 Å². The summed E-state index contributed by atoms with van der Waals surface area (Å²) in [5.41, 5.74) is 2.17. The third kappa shape index (κ3) is 4.15. The second-order valence-electron chi connectivity index (χ2n) is 8.45. The van der Waals surface area contributed by atoms with Crippen LogP contribution >= 0.6 is 15.9 Å². The van der Waals surface area contributed by atoms with Gasteiger partial charge in [0.05, 0.1) is 12.1 Å². The summed E-state index contributed by atoms with van der Waals surface area (Å²) in [5.74, 6) is -0.0675. The van der Waals surface area contributed by atoms with Gasteiger partial charge in [-0.2, -0.15) is 0 Å². The molecule has 6 nitrogen and oxygen atoms in total. The molecule has 1 fully saturated rings. The van der Waals surface area contributed by atoms with Crippen LogP contribution in [-0.2, 0) is 11.3 Å². The molecule has 0 aromatic carbocycles. The van der Waals surface area contributed by atoms with E-state index in [1.54, 1.807) is 7.11 Å². The summed E-state index contributed by atoms with van der Waals surface area (Å²) >= 11 is 3.35. The molecule has 2 aromatic heterocycles. The van der Waals surface area contributed by atoms with Crippen molar-refractivity contribution in [1.29, 1.82) is 0 Å². The van der Waals surface area contributed by atoms with Crippen molar-refractivity contribution in [2.75, 3.05) is 13.7 Å². The van der Waals surface area contributed by atoms with Gasteiger partial charge >= 0.3 is 0 Å². The predicted molar refractivity (Wildman–Crippen MR) is 106 cm³/mol. The Morgan fingerprint density at radius 3 is 2.62 bits per heavy atom. The molecule has 1 aliphatic rings. The fraction of sp³-hybridized carbons (Fsp3) is 0.632. The molecule has 1 aliphatic heterocycles. The number of nitrogens with zero attached hydrogens (tertiary/aromatic N) is 1. The summed E-state index contributed by atoms with van der Waals surface area (Å²) in [5, 5.41) is 6.88. The molecule has 3 heterocycles. The van der Waals surface area contributed by atoms with E-state index in [1.807, 2.05) is 16.7 Å². The van der Waals surface area contributed by atoms with Crippen LogP contribution in [0.25, 0.3) is 11.1 Å². The van der Waals surface area contributed by atoms with E-state index in [1.165, 1.54) is 0 Å². The summed E-state index contributed by atoms with van der Waals surface area (Å²) < 4.78 is 13.5. The SMILES string of the molecule is COCCn1c(C(=O)NC2CC(C)(C)NC(C)(C)C2)cc2oc(Br)cc21. The van der Waals surface area contributed by atoms with E-state index in [4.69, 9.17) is 9.15 Å². The number of rotatable bonds is 5. The van der Waals surface area contributed by atoms with Gasteiger partial charge in [-0.25, -0.2) is 0 Å². The van der Waals surface area contributed by atoms with Crippen molar-refractivity contribution in [3.05, 3.63) is 22.5 Å². The lowest BCUT2D eigenvalue weighted by Gasteiger charge is -2.46. The van der Waals surface area contributed by atoms with Crippen LogP contribution in [0.3, 0.4) is 0 Å². The molecule has 0 spiro atoms. The van der Waals surface area contributed by atoms with Crippen LogP contribution < -0.4 is 10.6 Å². The smallest absolute Gasteiger partial charge is 0.268 e. The first kappa shape index (κ1) is 19.5. The summed E-state index contributed by atoms with van der Waals surface area (Å²) in [4.78, 5) is 13.0. The third-order valence-corrected chi connectivity index (χ3v) is 5.23. The van der Waals surface area contributed by atoms with Crippen molar-refractivity contribution < 1.29 is 13.9 Å². The van der Waals surface area contributed by atoms with Crippen molar-refractivity contribution in [1.82, 2.24) is 15.2 Å². The quantitative estimate of drug-likeness (QED) is 0.766. The predicted octanol–water partition coefficient (Wildman–Crippen LogP) is 3.68. The van der Waals surface area contributed by atoms with Crippen molar-refractivity contribution in [2.24, 2.45) is 0 Å². The van der Waals surface area contributed by atoms with E-state index in [0.717, 1.165) is 18.4 Å². The standard InChI is InChI=1S/C19H28BrN3O3/c1-18(2)10-12(11-19(3,4)22-18)21-17(24)14-8-15-13(9-16(20)26-15)23(14)6-7-25-5/h8-9,12,22H,6-7,10-11H2,1-5H3,(H,21,24). The molecule has 144 valence electrons. The maximum atomic E-state index is 13.0. The number of carbonyl (C=O) groups excluding carboxylic acids is 1. The van der Waals surface area contributed by atoms with E-state index in [0.29, 0.717) is 29.1 Å². The lowest BCUT2D eigenvalue weighted by atomic mass is 9.79. The number of furan rings is 1. The molecule has 0 aliphatic carbocycles. The van der Waals surface area contributed by atoms with Crippen LogP contribution in [0.5, 0.6) is 0 Å². The lowest BCUT2D eigenvalue weighted by Crippen LogP contribution is -2.62. The van der Waals surface area contributed by atoms with Gasteiger partial charge in [0.2, 0.25) is 0 Å². The van der Waals surface area contributed by atoms with Crippen LogP contribution in [0, 0.1) is 0 Å². The highest BCUT2D eigenvalue weighted by molar-refractivity contribution is 9.10. The molecule has 0 saturated carbocycles. The number of carbonyl (C=O) groups is 1. The first-order chi connectivity index (χ1) is 12.1. The van der Waals surface area contributed by atoms with Crippen molar-refractivity contribution in [2.45, 2.75) is 64.2 Å². The van der Waals surface area contributed by atoms with E-state index in [2.05, 4.69) is 54.3 Å². The summed E-state index contributed by atoms with van der Waals surface area (Å²) in [6, 6.07) is 3.82. The van der Waals surface area contributed by atoms with Crippen LogP contribution in [0.2, 0.25) is 0 Å². The minimum absolute atomic E-state index is 0.0176. The van der Waals surface area contributed by atoms with Crippen molar-refractivity contribution >= 4 is 32.9 Å². The van der Waals surface area contributed by atoms with E-state index >= 15 is 0 Å². The normalized spacial score (nSPS) is 19.8. The zero-order valence-electron chi connectivity index (χ0n) is 16.1. The largest absolute Gasteiger partial charge is 0.448 e. The first-order valence-corrected chi connectivity index (χ1v) is 9.77. The molecule has 7 heteroatoms. The average molecular weight is 426 g/mol. The highest BCUT2D eigenvalue weighted by Crippen LogP contribution is 2.30. The number of ether oxygens (including phenoxy) is 1. The highest BCUT2D eigenvalue weighted by atomic mass is 79.9.